The van der Waals surface area contributed by atoms with Crippen molar-refractivity contribution in [3.05, 3.63) is 82.6 Å². The molecular formula is C19H17NO4S. The first-order valence-electron chi connectivity index (χ1n) is 7.64. The Hall–Kier alpha value is -2.86. The summed E-state index contributed by atoms with van der Waals surface area (Å²) in [7, 11) is -2.26. The van der Waals surface area contributed by atoms with Crippen LogP contribution in [0.3, 0.4) is 0 Å². The molecule has 5 nitrogen and oxygen atoms in total. The Bertz CT molecular complexity index is 868. The molecule has 3 rings (SSSR count). The number of hydrogen-bond acceptors (Lipinski definition) is 5. The van der Waals surface area contributed by atoms with Gasteiger partial charge in [0.05, 0.1) is 29.3 Å². The van der Waals surface area contributed by atoms with E-state index >= 15 is 0 Å². The Morgan fingerprint density at radius 3 is 1.72 bits per heavy atom. The normalized spacial score (nSPS) is 16.0. The van der Waals surface area contributed by atoms with E-state index in [1.54, 1.807) is 29.2 Å². The van der Waals surface area contributed by atoms with Crippen LogP contribution >= 0.6 is 0 Å². The number of methoxy groups -OCH3 is 1. The average molecular weight is 355 g/mol. The van der Waals surface area contributed by atoms with Crippen LogP contribution in [0.25, 0.3) is 11.4 Å². The SMILES string of the molecule is COC(=O)CN1C(c2ccccc2)=CS(=O)(=O)C=C1c1ccccc1. The van der Waals surface area contributed by atoms with Gasteiger partial charge in [-0.1, -0.05) is 60.7 Å². The highest BCUT2D eigenvalue weighted by Gasteiger charge is 2.28. The number of carbonyl (C=O) groups is 1. The molecule has 0 atom stereocenters. The second kappa shape index (κ2) is 6.94. The van der Waals surface area contributed by atoms with Crippen LogP contribution in [0.4, 0.5) is 0 Å². The fraction of sp³-hybridized carbons (Fsp3) is 0.105. The largest absolute Gasteiger partial charge is 0.468 e. The van der Waals surface area contributed by atoms with Crippen LogP contribution in [0.2, 0.25) is 0 Å². The summed E-state index contributed by atoms with van der Waals surface area (Å²) >= 11 is 0. The molecule has 1 aliphatic rings. The summed E-state index contributed by atoms with van der Waals surface area (Å²) in [4.78, 5) is 13.6. The predicted molar refractivity (Wildman–Crippen MR) is 96.5 cm³/mol. The Balaban J connectivity index is 2.16. The smallest absolute Gasteiger partial charge is 0.325 e. The zero-order chi connectivity index (χ0) is 17.9. The maximum Gasteiger partial charge on any atom is 0.325 e. The number of nitrogens with zero attached hydrogens (tertiary/aromatic N) is 1. The van der Waals surface area contributed by atoms with Crippen LogP contribution in [0.5, 0.6) is 0 Å². The van der Waals surface area contributed by atoms with E-state index < -0.39 is 15.8 Å². The summed E-state index contributed by atoms with van der Waals surface area (Å²) in [5.74, 6) is -0.456. The van der Waals surface area contributed by atoms with Gasteiger partial charge in [0.15, 0.2) is 9.84 Å². The molecule has 0 spiro atoms. The van der Waals surface area contributed by atoms with Crippen LogP contribution in [0.15, 0.2) is 71.5 Å². The van der Waals surface area contributed by atoms with Gasteiger partial charge >= 0.3 is 5.97 Å². The number of rotatable bonds is 4. The van der Waals surface area contributed by atoms with Crippen LogP contribution < -0.4 is 0 Å². The second-order valence-electron chi connectivity index (χ2n) is 5.49. The molecule has 128 valence electrons. The lowest BCUT2D eigenvalue weighted by molar-refractivity contribution is -0.140. The van der Waals surface area contributed by atoms with E-state index in [4.69, 9.17) is 4.74 Å². The Morgan fingerprint density at radius 1 is 0.880 bits per heavy atom. The van der Waals surface area contributed by atoms with E-state index in [0.29, 0.717) is 22.5 Å². The Labute approximate surface area is 146 Å². The highest BCUT2D eigenvalue weighted by molar-refractivity contribution is 7.97. The second-order valence-corrected chi connectivity index (χ2v) is 7.14. The number of benzene rings is 2. The molecule has 2 aromatic carbocycles. The first-order valence-corrected chi connectivity index (χ1v) is 9.25. The van der Waals surface area contributed by atoms with E-state index in [9.17, 15) is 13.2 Å². The van der Waals surface area contributed by atoms with Crippen molar-refractivity contribution >= 4 is 27.2 Å². The molecule has 0 radical (unpaired) electrons. The monoisotopic (exact) mass is 355 g/mol. The van der Waals surface area contributed by atoms with Gasteiger partial charge in [-0.25, -0.2) is 8.42 Å². The molecule has 25 heavy (non-hydrogen) atoms. The van der Waals surface area contributed by atoms with E-state index in [-0.39, 0.29) is 6.54 Å². The average Bonchev–Trinajstić information content (AvgIpc) is 2.64. The molecule has 0 saturated carbocycles. The molecule has 6 heteroatoms. The van der Waals surface area contributed by atoms with Crippen molar-refractivity contribution < 1.29 is 17.9 Å². The summed E-state index contributed by atoms with van der Waals surface area (Å²) in [6.45, 7) is -0.0898. The Morgan fingerprint density at radius 2 is 1.32 bits per heavy atom. The molecule has 0 saturated heterocycles. The lowest BCUT2D eigenvalue weighted by Gasteiger charge is -2.31. The molecule has 1 aliphatic heterocycles. The molecule has 0 aliphatic carbocycles. The topological polar surface area (TPSA) is 63.7 Å². The summed E-state index contributed by atoms with van der Waals surface area (Å²) in [6, 6.07) is 18.2. The molecule has 0 N–H and O–H groups in total. The van der Waals surface area contributed by atoms with Gasteiger partial charge in [-0.2, -0.15) is 0 Å². The maximum atomic E-state index is 12.4. The molecule has 2 aromatic rings. The number of esters is 1. The molecule has 0 unspecified atom stereocenters. The van der Waals surface area contributed by atoms with Gasteiger partial charge in [-0.3, -0.25) is 4.79 Å². The van der Waals surface area contributed by atoms with Gasteiger partial charge < -0.3 is 9.64 Å². The summed E-state index contributed by atoms with van der Waals surface area (Å²) < 4.78 is 29.6. The first-order chi connectivity index (χ1) is 12.0. The fourth-order valence-electron chi connectivity index (χ4n) is 2.63. The standard InChI is InChI=1S/C19H17NO4S/c1-24-19(21)12-20-17(15-8-4-2-5-9-15)13-25(22,23)14-18(20)16-10-6-3-7-11-16/h2-11,13-14H,12H2,1H3. The summed E-state index contributed by atoms with van der Waals surface area (Å²) in [5, 5.41) is 2.36. The van der Waals surface area contributed by atoms with Crippen molar-refractivity contribution in [2.75, 3.05) is 13.7 Å². The van der Waals surface area contributed by atoms with Crippen LogP contribution in [-0.2, 0) is 19.4 Å². The van der Waals surface area contributed by atoms with Gasteiger partial charge in [0, 0.05) is 0 Å². The number of carbonyl (C=O) groups excluding carboxylic acids is 1. The van der Waals surface area contributed by atoms with Crippen molar-refractivity contribution in [1.82, 2.24) is 4.90 Å². The third-order valence-corrected chi connectivity index (χ3v) is 4.89. The first kappa shape index (κ1) is 17.0. The summed E-state index contributed by atoms with van der Waals surface area (Å²) in [6.07, 6.45) is 0. The lowest BCUT2D eigenvalue weighted by atomic mass is 10.1. The van der Waals surface area contributed by atoms with E-state index in [0.717, 1.165) is 0 Å². The van der Waals surface area contributed by atoms with Crippen molar-refractivity contribution in [2.24, 2.45) is 0 Å². The molecule has 0 aromatic heterocycles. The van der Waals surface area contributed by atoms with Gasteiger partial charge in [-0.15, -0.1) is 0 Å². The van der Waals surface area contributed by atoms with Gasteiger partial charge in [0.1, 0.15) is 6.54 Å². The van der Waals surface area contributed by atoms with Crippen molar-refractivity contribution in [2.45, 2.75) is 0 Å². The number of ether oxygens (including phenoxy) is 1. The lowest BCUT2D eigenvalue weighted by Crippen LogP contribution is -2.31. The minimum atomic E-state index is -3.57. The predicted octanol–water partition coefficient (Wildman–Crippen LogP) is 2.89. The molecule has 0 bridgehead atoms. The van der Waals surface area contributed by atoms with E-state index in [1.807, 2.05) is 36.4 Å². The van der Waals surface area contributed by atoms with Crippen molar-refractivity contribution in [1.29, 1.82) is 0 Å². The van der Waals surface area contributed by atoms with Gasteiger partial charge in [0.2, 0.25) is 0 Å². The molecular weight excluding hydrogens is 338 g/mol. The molecule has 0 fully saturated rings. The Kier molecular flexibility index (Phi) is 4.72. The number of sulfone groups is 1. The van der Waals surface area contributed by atoms with Crippen molar-refractivity contribution in [3.8, 4) is 0 Å². The highest BCUT2D eigenvalue weighted by Crippen LogP contribution is 2.34. The molecule has 0 amide bonds. The number of hydrogen-bond donors (Lipinski definition) is 0. The zero-order valence-electron chi connectivity index (χ0n) is 13.6. The fourth-order valence-corrected chi connectivity index (χ4v) is 3.85. The highest BCUT2D eigenvalue weighted by atomic mass is 32.2. The third kappa shape index (κ3) is 3.80. The quantitative estimate of drug-likeness (QED) is 0.789. The van der Waals surface area contributed by atoms with E-state index in [2.05, 4.69) is 0 Å². The van der Waals surface area contributed by atoms with Crippen LogP contribution in [-0.4, -0.2) is 32.9 Å². The minimum Gasteiger partial charge on any atom is -0.468 e. The maximum absolute atomic E-state index is 12.4. The third-order valence-electron chi connectivity index (χ3n) is 3.79. The zero-order valence-corrected chi connectivity index (χ0v) is 14.4. The van der Waals surface area contributed by atoms with Crippen LogP contribution in [0.1, 0.15) is 11.1 Å². The molecule has 1 heterocycles. The van der Waals surface area contributed by atoms with Crippen molar-refractivity contribution in [3.63, 3.8) is 0 Å². The summed E-state index contributed by atoms with van der Waals surface area (Å²) in [5.41, 5.74) is 2.28. The van der Waals surface area contributed by atoms with Gasteiger partial charge in [-0.05, 0) is 11.1 Å². The van der Waals surface area contributed by atoms with Gasteiger partial charge in [0.25, 0.3) is 0 Å². The minimum absolute atomic E-state index is 0.0898. The van der Waals surface area contributed by atoms with E-state index in [1.165, 1.54) is 17.9 Å². The van der Waals surface area contributed by atoms with Crippen LogP contribution in [0, 0.1) is 0 Å².